The van der Waals surface area contributed by atoms with E-state index in [4.69, 9.17) is 11.5 Å². The summed E-state index contributed by atoms with van der Waals surface area (Å²) in [4.78, 5) is 22.0. The summed E-state index contributed by atoms with van der Waals surface area (Å²) in [5, 5.41) is 13.6. The highest BCUT2D eigenvalue weighted by atomic mass is 16.4. The number of amides is 2. The number of nitrogens with one attached hydrogen (secondary N) is 2. The summed E-state index contributed by atoms with van der Waals surface area (Å²) < 4.78 is 0. The topological polar surface area (TPSA) is 78.4 Å². The number of carbonyl (C=O) groups is 2. The van der Waals surface area contributed by atoms with Gasteiger partial charge in [-0.3, -0.25) is 0 Å². The summed E-state index contributed by atoms with van der Waals surface area (Å²) in [7, 11) is 0. The van der Waals surface area contributed by atoms with Gasteiger partial charge in [-0.05, 0) is 13.3 Å². The molecule has 2 atom stereocenters. The third-order valence-corrected chi connectivity index (χ3v) is 1.82. The Morgan fingerprint density at radius 3 is 2.62 bits per heavy atom. The highest BCUT2D eigenvalue weighted by Gasteiger charge is 2.18. The molecule has 3 N–H and O–H groups in total. The number of hydrogen-bond donors (Lipinski definition) is 3. The fourth-order valence-corrected chi connectivity index (χ4v) is 1.05. The lowest BCUT2D eigenvalue weighted by atomic mass is 10.2. The largest absolute Gasteiger partial charge is 0.480 e. The summed E-state index contributed by atoms with van der Waals surface area (Å²) in [6, 6.07) is -1.70. The molecule has 0 bridgehead atoms. The molecule has 5 nitrogen and oxygen atoms in total. The number of carboxylic acid groups (broad SMARTS) is 1. The van der Waals surface area contributed by atoms with E-state index >= 15 is 0 Å². The van der Waals surface area contributed by atoms with E-state index in [0.717, 1.165) is 0 Å². The van der Waals surface area contributed by atoms with Crippen molar-refractivity contribution >= 4 is 12.0 Å². The number of aliphatic carboxylic acids is 1. The lowest BCUT2D eigenvalue weighted by Gasteiger charge is -2.16. The van der Waals surface area contributed by atoms with E-state index in [-0.39, 0.29) is 12.5 Å². The lowest BCUT2D eigenvalue weighted by Crippen LogP contribution is -2.48. The molecule has 0 aliphatic carbocycles. The minimum Gasteiger partial charge on any atom is -0.480 e. The second-order valence-corrected chi connectivity index (χ2v) is 3.34. The first-order valence-corrected chi connectivity index (χ1v) is 4.85. The van der Waals surface area contributed by atoms with Gasteiger partial charge >= 0.3 is 12.0 Å². The van der Waals surface area contributed by atoms with Crippen LogP contribution in [-0.2, 0) is 4.79 Å². The first-order valence-electron chi connectivity index (χ1n) is 4.85. The van der Waals surface area contributed by atoms with Gasteiger partial charge in [0.25, 0.3) is 0 Å². The van der Waals surface area contributed by atoms with Gasteiger partial charge in [-0.1, -0.05) is 6.08 Å². The van der Waals surface area contributed by atoms with Crippen molar-refractivity contribution in [1.29, 1.82) is 0 Å². The minimum atomic E-state index is -1.15. The van der Waals surface area contributed by atoms with Crippen molar-refractivity contribution in [3.8, 4) is 12.3 Å². The maximum absolute atomic E-state index is 11.3. The fourth-order valence-electron chi connectivity index (χ4n) is 1.05. The molecule has 2 amide bonds. The molecule has 0 aromatic carbocycles. The van der Waals surface area contributed by atoms with Crippen LogP contribution in [0.1, 0.15) is 19.8 Å². The first kappa shape index (κ1) is 14.0. The third kappa shape index (κ3) is 5.70. The molecule has 0 rings (SSSR count). The molecule has 0 aliphatic heterocycles. The predicted octanol–water partition coefficient (Wildman–Crippen LogP) is 0.727. The highest BCUT2D eigenvalue weighted by Crippen LogP contribution is 1.93. The van der Waals surface area contributed by atoms with Gasteiger partial charge in [0.15, 0.2) is 0 Å². The Labute approximate surface area is 94.9 Å². The van der Waals surface area contributed by atoms with Crippen LogP contribution < -0.4 is 10.6 Å². The Kier molecular flexibility index (Phi) is 6.45. The molecule has 0 spiro atoms. The molecule has 88 valence electrons. The van der Waals surface area contributed by atoms with E-state index in [0.29, 0.717) is 6.42 Å². The Balaban J connectivity index is 4.15. The van der Waals surface area contributed by atoms with E-state index in [1.807, 2.05) is 0 Å². The third-order valence-electron chi connectivity index (χ3n) is 1.82. The van der Waals surface area contributed by atoms with Crippen LogP contribution in [0.15, 0.2) is 12.7 Å². The molecular formula is C11H16N2O3. The van der Waals surface area contributed by atoms with E-state index in [1.54, 1.807) is 13.0 Å². The van der Waals surface area contributed by atoms with Crippen molar-refractivity contribution in [1.82, 2.24) is 10.6 Å². The van der Waals surface area contributed by atoms with Crippen LogP contribution in [0.4, 0.5) is 4.79 Å². The summed E-state index contributed by atoms with van der Waals surface area (Å²) in [6.07, 6.45) is 7.23. The molecule has 0 aromatic heterocycles. The minimum absolute atomic E-state index is 0.0431. The molecule has 5 heteroatoms. The van der Waals surface area contributed by atoms with E-state index in [2.05, 4.69) is 23.1 Å². The van der Waals surface area contributed by atoms with Gasteiger partial charge in [-0.2, -0.15) is 0 Å². The van der Waals surface area contributed by atoms with Crippen LogP contribution in [0, 0.1) is 12.3 Å². The van der Waals surface area contributed by atoms with Crippen LogP contribution in [0.5, 0.6) is 0 Å². The van der Waals surface area contributed by atoms with Crippen molar-refractivity contribution < 1.29 is 14.7 Å². The Hall–Kier alpha value is -1.96. The van der Waals surface area contributed by atoms with Gasteiger partial charge < -0.3 is 15.7 Å². The molecule has 16 heavy (non-hydrogen) atoms. The van der Waals surface area contributed by atoms with Gasteiger partial charge in [0.1, 0.15) is 6.04 Å². The quantitative estimate of drug-likeness (QED) is 0.459. The summed E-state index contributed by atoms with van der Waals surface area (Å²) >= 11 is 0. The second kappa shape index (κ2) is 7.35. The average molecular weight is 224 g/mol. The summed E-state index contributed by atoms with van der Waals surface area (Å²) in [5.74, 6) is 1.04. The van der Waals surface area contributed by atoms with Gasteiger partial charge in [0.05, 0.1) is 0 Å². The van der Waals surface area contributed by atoms with Crippen molar-refractivity contribution in [2.45, 2.75) is 31.8 Å². The van der Waals surface area contributed by atoms with Crippen molar-refractivity contribution in [2.75, 3.05) is 0 Å². The number of rotatable bonds is 6. The first-order chi connectivity index (χ1) is 7.51. The Bertz CT molecular complexity index is 307. The van der Waals surface area contributed by atoms with E-state index in [1.165, 1.54) is 0 Å². The molecule has 0 heterocycles. The maximum Gasteiger partial charge on any atom is 0.327 e. The zero-order valence-electron chi connectivity index (χ0n) is 9.19. The van der Waals surface area contributed by atoms with E-state index in [9.17, 15) is 9.59 Å². The predicted molar refractivity (Wildman–Crippen MR) is 60.8 cm³/mol. The second-order valence-electron chi connectivity index (χ2n) is 3.34. The van der Waals surface area contributed by atoms with Crippen LogP contribution in [-0.4, -0.2) is 29.2 Å². The molecular weight excluding hydrogens is 208 g/mol. The van der Waals surface area contributed by atoms with Crippen molar-refractivity contribution in [2.24, 2.45) is 0 Å². The maximum atomic E-state index is 11.3. The van der Waals surface area contributed by atoms with Crippen LogP contribution >= 0.6 is 0 Å². The monoisotopic (exact) mass is 224 g/mol. The van der Waals surface area contributed by atoms with Crippen LogP contribution in [0.2, 0.25) is 0 Å². The standard InChI is InChI=1S/C11H16N2O3/c1-4-6-8(3)12-11(16)13-9(7-5-2)10(14)15/h2,4,8-9H,1,6-7H2,3H3,(H,14,15)(H2,12,13,16). The van der Waals surface area contributed by atoms with Gasteiger partial charge in [-0.25, -0.2) is 9.59 Å². The molecule has 0 saturated carbocycles. The number of urea groups is 1. The number of terminal acetylenes is 1. The molecule has 0 aliphatic rings. The molecule has 0 fully saturated rings. The summed E-state index contributed by atoms with van der Waals surface area (Å²) in [5.41, 5.74) is 0. The zero-order chi connectivity index (χ0) is 12.6. The van der Waals surface area contributed by atoms with Crippen molar-refractivity contribution in [3.63, 3.8) is 0 Å². The Morgan fingerprint density at radius 2 is 2.19 bits per heavy atom. The normalized spacial score (nSPS) is 13.0. The lowest BCUT2D eigenvalue weighted by molar-refractivity contribution is -0.139. The van der Waals surface area contributed by atoms with Crippen molar-refractivity contribution in [3.05, 3.63) is 12.7 Å². The average Bonchev–Trinajstić information content (AvgIpc) is 2.16. The molecule has 0 radical (unpaired) electrons. The van der Waals surface area contributed by atoms with Crippen LogP contribution in [0.25, 0.3) is 0 Å². The molecule has 2 unspecified atom stereocenters. The van der Waals surface area contributed by atoms with E-state index < -0.39 is 18.0 Å². The number of hydrogen-bond acceptors (Lipinski definition) is 2. The number of carboxylic acids is 1. The fraction of sp³-hybridized carbons (Fsp3) is 0.455. The summed E-state index contributed by atoms with van der Waals surface area (Å²) in [6.45, 7) is 5.32. The van der Waals surface area contributed by atoms with Gasteiger partial charge in [-0.15, -0.1) is 18.9 Å². The smallest absolute Gasteiger partial charge is 0.327 e. The SMILES string of the molecule is C#CCC(NC(=O)NC(C)CC=C)C(=O)O. The van der Waals surface area contributed by atoms with Crippen LogP contribution in [0.3, 0.4) is 0 Å². The number of carbonyl (C=O) groups excluding carboxylic acids is 1. The van der Waals surface area contributed by atoms with Gasteiger partial charge in [0.2, 0.25) is 0 Å². The molecule has 0 saturated heterocycles. The molecule has 0 aromatic rings. The zero-order valence-corrected chi connectivity index (χ0v) is 9.19. The highest BCUT2D eigenvalue weighted by molar-refractivity contribution is 5.82. The van der Waals surface area contributed by atoms with Gasteiger partial charge in [0, 0.05) is 12.5 Å². The Morgan fingerprint density at radius 1 is 1.56 bits per heavy atom.